The summed E-state index contributed by atoms with van der Waals surface area (Å²) in [5.74, 6) is -0.915. The SMILES string of the molecule is N#CCCC(=O)O.[Cd]. The minimum atomic E-state index is -0.915. The Bertz CT molecular complexity index is 107. The maximum absolute atomic E-state index is 9.61. The van der Waals surface area contributed by atoms with Crippen LogP contribution in [-0.2, 0) is 32.1 Å². The van der Waals surface area contributed by atoms with E-state index in [1.165, 1.54) is 0 Å². The third kappa shape index (κ3) is 9.30. The molecule has 1 N–H and O–H groups in total. The molecule has 0 aliphatic rings. The molecule has 0 fully saturated rings. The predicted octanol–water partition coefficient (Wildman–Crippen LogP) is 0.372. The van der Waals surface area contributed by atoms with E-state index in [1.54, 1.807) is 6.07 Å². The number of carbonyl (C=O) groups is 1. The zero-order valence-corrected chi connectivity index (χ0v) is 8.46. The van der Waals surface area contributed by atoms with E-state index >= 15 is 0 Å². The molecule has 0 aliphatic carbocycles. The van der Waals surface area contributed by atoms with Crippen molar-refractivity contribution < 1.29 is 37.2 Å². The summed E-state index contributed by atoms with van der Waals surface area (Å²) >= 11 is 0. The third-order valence-corrected chi connectivity index (χ3v) is 0.451. The van der Waals surface area contributed by atoms with Crippen LogP contribution in [0.3, 0.4) is 0 Å². The summed E-state index contributed by atoms with van der Waals surface area (Å²) in [6, 6.07) is 1.72. The van der Waals surface area contributed by atoms with E-state index in [0.29, 0.717) is 0 Å². The van der Waals surface area contributed by atoms with Gasteiger partial charge in [0.1, 0.15) is 0 Å². The molecule has 0 saturated heterocycles. The minimum Gasteiger partial charge on any atom is -0.481 e. The summed E-state index contributed by atoms with van der Waals surface area (Å²) in [5, 5.41) is 15.7. The van der Waals surface area contributed by atoms with Crippen molar-refractivity contribution in [3.8, 4) is 6.07 Å². The van der Waals surface area contributed by atoms with Gasteiger partial charge in [0.25, 0.3) is 0 Å². The first-order chi connectivity index (χ1) is 3.27. The Morgan fingerprint density at radius 2 is 2.25 bits per heavy atom. The summed E-state index contributed by atoms with van der Waals surface area (Å²) in [6.07, 6.45) is 0.0613. The summed E-state index contributed by atoms with van der Waals surface area (Å²) < 4.78 is 0. The Balaban J connectivity index is 0. The zero-order chi connectivity index (χ0) is 5.70. The molecule has 4 heteroatoms. The van der Waals surface area contributed by atoms with Crippen LogP contribution in [0.4, 0.5) is 0 Å². The molecule has 0 aromatic heterocycles. The molecular weight excluding hydrogens is 206 g/mol. The van der Waals surface area contributed by atoms with E-state index < -0.39 is 5.97 Å². The number of carboxylic acids is 1. The van der Waals surface area contributed by atoms with Gasteiger partial charge in [0.15, 0.2) is 0 Å². The van der Waals surface area contributed by atoms with Crippen molar-refractivity contribution in [3.05, 3.63) is 0 Å². The van der Waals surface area contributed by atoms with Crippen molar-refractivity contribution in [1.29, 1.82) is 5.26 Å². The maximum atomic E-state index is 9.61. The fraction of sp³-hybridized carbons (Fsp3) is 0.500. The number of aliphatic carboxylic acids is 1. The summed E-state index contributed by atoms with van der Waals surface area (Å²) in [4.78, 5) is 9.61. The van der Waals surface area contributed by atoms with Gasteiger partial charge >= 0.3 is 5.97 Å². The van der Waals surface area contributed by atoms with Crippen molar-refractivity contribution in [2.45, 2.75) is 12.8 Å². The average molecular weight is 212 g/mol. The van der Waals surface area contributed by atoms with Gasteiger partial charge in [-0.2, -0.15) is 5.26 Å². The van der Waals surface area contributed by atoms with Crippen LogP contribution in [-0.4, -0.2) is 11.1 Å². The monoisotopic (exact) mass is 213 g/mol. The van der Waals surface area contributed by atoms with Crippen molar-refractivity contribution >= 4 is 5.97 Å². The molecule has 0 atom stereocenters. The van der Waals surface area contributed by atoms with E-state index in [4.69, 9.17) is 10.4 Å². The standard InChI is InChI=1S/C4H5NO2.Cd/c5-3-1-2-4(6)7;/h1-2H2,(H,6,7);. The Labute approximate surface area is 67.5 Å². The summed E-state index contributed by atoms with van der Waals surface area (Å²) in [5.41, 5.74) is 0. The number of hydrogen-bond acceptors (Lipinski definition) is 2. The van der Waals surface area contributed by atoms with Crippen molar-refractivity contribution in [2.24, 2.45) is 0 Å². The molecule has 3 nitrogen and oxygen atoms in total. The van der Waals surface area contributed by atoms with Gasteiger partial charge in [0, 0.05) is 33.7 Å². The van der Waals surface area contributed by atoms with Gasteiger partial charge in [-0.15, -0.1) is 0 Å². The zero-order valence-electron chi connectivity index (χ0n) is 4.42. The van der Waals surface area contributed by atoms with E-state index in [9.17, 15) is 4.79 Å². The summed E-state index contributed by atoms with van der Waals surface area (Å²) in [6.45, 7) is 0. The Hall–Kier alpha value is -0.118. The van der Waals surface area contributed by atoms with Crippen LogP contribution in [0.15, 0.2) is 0 Å². The average Bonchev–Trinajstić information content (AvgIpc) is 1.61. The van der Waals surface area contributed by atoms with Gasteiger partial charge in [-0.05, 0) is 0 Å². The number of nitriles is 1. The van der Waals surface area contributed by atoms with Gasteiger partial charge in [0.2, 0.25) is 0 Å². The van der Waals surface area contributed by atoms with E-state index in [-0.39, 0.29) is 40.1 Å². The van der Waals surface area contributed by atoms with Gasteiger partial charge < -0.3 is 5.11 Å². The molecule has 0 heterocycles. The molecule has 0 aromatic carbocycles. The van der Waals surface area contributed by atoms with Crippen LogP contribution in [0.2, 0.25) is 0 Å². The molecule has 0 amide bonds. The van der Waals surface area contributed by atoms with Gasteiger partial charge in [0.05, 0.1) is 12.5 Å². The van der Waals surface area contributed by atoms with Crippen molar-refractivity contribution in [3.63, 3.8) is 0 Å². The van der Waals surface area contributed by atoms with Crippen LogP contribution in [0.25, 0.3) is 0 Å². The number of nitrogens with zero attached hydrogens (tertiary/aromatic N) is 1. The van der Waals surface area contributed by atoms with Gasteiger partial charge in [-0.25, -0.2) is 0 Å². The quantitative estimate of drug-likeness (QED) is 0.672. The molecular formula is C4H5CdNO2. The second-order valence-electron chi connectivity index (χ2n) is 1.05. The smallest absolute Gasteiger partial charge is 0.304 e. The van der Waals surface area contributed by atoms with Crippen LogP contribution in [0.5, 0.6) is 0 Å². The van der Waals surface area contributed by atoms with E-state index in [1.807, 2.05) is 0 Å². The maximum Gasteiger partial charge on any atom is 0.304 e. The predicted molar refractivity (Wildman–Crippen MR) is 22.5 cm³/mol. The molecule has 0 rings (SSSR count). The Kier molecular flexibility index (Phi) is 9.28. The molecule has 8 heavy (non-hydrogen) atoms. The fourth-order valence-electron chi connectivity index (χ4n) is 0.163. The number of rotatable bonds is 2. The Morgan fingerprint density at radius 1 is 1.75 bits per heavy atom. The molecule has 40 valence electrons. The topological polar surface area (TPSA) is 61.1 Å². The van der Waals surface area contributed by atoms with E-state index in [2.05, 4.69) is 0 Å². The largest absolute Gasteiger partial charge is 0.481 e. The number of carboxylic acid groups (broad SMARTS) is 1. The van der Waals surface area contributed by atoms with Crippen molar-refractivity contribution in [1.82, 2.24) is 0 Å². The summed E-state index contributed by atoms with van der Waals surface area (Å²) in [7, 11) is 0. The third-order valence-electron chi connectivity index (χ3n) is 0.451. The molecule has 0 bridgehead atoms. The number of hydrogen-bond donors (Lipinski definition) is 1. The first-order valence-electron chi connectivity index (χ1n) is 1.86. The van der Waals surface area contributed by atoms with Crippen LogP contribution in [0, 0.1) is 11.3 Å². The van der Waals surface area contributed by atoms with Crippen LogP contribution < -0.4 is 0 Å². The van der Waals surface area contributed by atoms with Crippen molar-refractivity contribution in [2.75, 3.05) is 0 Å². The van der Waals surface area contributed by atoms with E-state index in [0.717, 1.165) is 0 Å². The molecule has 0 spiro atoms. The molecule has 0 radical (unpaired) electrons. The molecule has 0 aliphatic heterocycles. The molecule has 0 unspecified atom stereocenters. The fourth-order valence-corrected chi connectivity index (χ4v) is 0.163. The Morgan fingerprint density at radius 3 is 2.38 bits per heavy atom. The first-order valence-corrected chi connectivity index (χ1v) is 1.86. The van der Waals surface area contributed by atoms with Gasteiger partial charge in [-0.1, -0.05) is 0 Å². The second-order valence-corrected chi connectivity index (χ2v) is 1.05. The normalized spacial score (nSPS) is 6.38. The molecule has 0 aromatic rings. The minimum absolute atomic E-state index is 0. The molecule has 0 saturated carbocycles. The van der Waals surface area contributed by atoms with Gasteiger partial charge in [-0.3, -0.25) is 4.79 Å². The van der Waals surface area contributed by atoms with Crippen LogP contribution >= 0.6 is 0 Å². The first kappa shape index (κ1) is 10.8. The van der Waals surface area contributed by atoms with Crippen LogP contribution in [0.1, 0.15) is 12.8 Å². The second kappa shape index (κ2) is 6.88.